The van der Waals surface area contributed by atoms with Gasteiger partial charge in [-0.1, -0.05) is 54.1 Å². The Balaban J connectivity index is 1.38. The van der Waals surface area contributed by atoms with E-state index in [-0.39, 0.29) is 5.91 Å². The Kier molecular flexibility index (Phi) is 5.22. The first-order chi connectivity index (χ1) is 15.1. The highest BCUT2D eigenvalue weighted by Gasteiger charge is 2.24. The minimum atomic E-state index is -0.225. The minimum Gasteiger partial charge on any atom is -0.326 e. The molecule has 3 aromatic carbocycles. The fraction of sp³-hybridized carbons (Fsp3) is 0.200. The zero-order chi connectivity index (χ0) is 21.4. The molecular weight excluding hydrogens is 408 g/mol. The van der Waals surface area contributed by atoms with Crippen molar-refractivity contribution in [2.45, 2.75) is 26.1 Å². The maximum atomic E-state index is 12.6. The SMILES string of the molecule is C[C@H](c1ccccc1)N1CCn2c(nc3cc(NC(=O)c4ccccc4Cl)ccc32)C1. The third-order valence-corrected chi connectivity index (χ3v) is 6.32. The first-order valence-corrected chi connectivity index (χ1v) is 10.8. The lowest BCUT2D eigenvalue weighted by Crippen LogP contribution is -2.35. The number of carbonyl (C=O) groups is 1. The van der Waals surface area contributed by atoms with Crippen molar-refractivity contribution in [1.82, 2.24) is 14.5 Å². The summed E-state index contributed by atoms with van der Waals surface area (Å²) in [6, 6.07) is 23.8. The number of nitrogens with one attached hydrogen (secondary N) is 1. The Morgan fingerprint density at radius 3 is 2.61 bits per heavy atom. The third-order valence-electron chi connectivity index (χ3n) is 5.99. The molecule has 0 saturated carbocycles. The van der Waals surface area contributed by atoms with E-state index in [0.29, 0.717) is 22.3 Å². The summed E-state index contributed by atoms with van der Waals surface area (Å²) in [6.07, 6.45) is 0. The molecule has 0 spiro atoms. The van der Waals surface area contributed by atoms with Crippen molar-refractivity contribution < 1.29 is 4.79 Å². The van der Waals surface area contributed by atoms with Crippen LogP contribution in [-0.4, -0.2) is 26.9 Å². The summed E-state index contributed by atoms with van der Waals surface area (Å²) in [6.45, 7) is 4.91. The van der Waals surface area contributed by atoms with Gasteiger partial charge in [-0.2, -0.15) is 0 Å². The van der Waals surface area contributed by atoms with E-state index in [0.717, 1.165) is 36.5 Å². The summed E-state index contributed by atoms with van der Waals surface area (Å²) >= 11 is 6.15. The summed E-state index contributed by atoms with van der Waals surface area (Å²) in [5, 5.41) is 3.37. The number of fused-ring (bicyclic) bond motifs is 3. The molecule has 156 valence electrons. The zero-order valence-corrected chi connectivity index (χ0v) is 18.0. The van der Waals surface area contributed by atoms with Crippen molar-refractivity contribution >= 4 is 34.2 Å². The summed E-state index contributed by atoms with van der Waals surface area (Å²) in [5.74, 6) is 0.829. The first kappa shape index (κ1) is 19.8. The predicted molar refractivity (Wildman–Crippen MR) is 124 cm³/mol. The maximum Gasteiger partial charge on any atom is 0.257 e. The average molecular weight is 431 g/mol. The topological polar surface area (TPSA) is 50.2 Å². The fourth-order valence-electron chi connectivity index (χ4n) is 4.23. The quantitative estimate of drug-likeness (QED) is 0.463. The molecule has 0 unspecified atom stereocenters. The maximum absolute atomic E-state index is 12.6. The second-order valence-corrected chi connectivity index (χ2v) is 8.28. The van der Waals surface area contributed by atoms with Gasteiger partial charge in [-0.15, -0.1) is 0 Å². The Morgan fingerprint density at radius 2 is 1.81 bits per heavy atom. The third kappa shape index (κ3) is 3.82. The van der Waals surface area contributed by atoms with Gasteiger partial charge in [-0.3, -0.25) is 9.69 Å². The van der Waals surface area contributed by atoms with E-state index in [9.17, 15) is 4.79 Å². The molecular formula is C25H23ClN4O. The lowest BCUT2D eigenvalue weighted by atomic mass is 10.1. The number of hydrogen-bond acceptors (Lipinski definition) is 3. The molecule has 1 aromatic heterocycles. The lowest BCUT2D eigenvalue weighted by Gasteiger charge is -2.33. The highest BCUT2D eigenvalue weighted by atomic mass is 35.5. The van der Waals surface area contributed by atoms with Crippen molar-refractivity contribution in [3.8, 4) is 0 Å². The van der Waals surface area contributed by atoms with Crippen LogP contribution < -0.4 is 5.32 Å². The number of anilines is 1. The van der Waals surface area contributed by atoms with Gasteiger partial charge < -0.3 is 9.88 Å². The van der Waals surface area contributed by atoms with Gasteiger partial charge in [0.25, 0.3) is 5.91 Å². The molecule has 2 heterocycles. The fourth-order valence-corrected chi connectivity index (χ4v) is 4.46. The lowest BCUT2D eigenvalue weighted by molar-refractivity contribution is 0.102. The molecule has 0 aliphatic carbocycles. The van der Waals surface area contributed by atoms with Crippen molar-refractivity contribution in [2.75, 3.05) is 11.9 Å². The highest BCUT2D eigenvalue weighted by Crippen LogP contribution is 2.28. The van der Waals surface area contributed by atoms with E-state index in [1.807, 2.05) is 30.3 Å². The molecule has 0 bridgehead atoms. The number of carbonyl (C=O) groups excluding carboxylic acids is 1. The summed E-state index contributed by atoms with van der Waals surface area (Å²) in [4.78, 5) is 19.9. The summed E-state index contributed by atoms with van der Waals surface area (Å²) in [7, 11) is 0. The molecule has 5 rings (SSSR count). The predicted octanol–water partition coefficient (Wildman–Crippen LogP) is 5.52. The van der Waals surface area contributed by atoms with Crippen LogP contribution in [0.4, 0.5) is 5.69 Å². The van der Waals surface area contributed by atoms with Crippen LogP contribution in [0, 0.1) is 0 Å². The van der Waals surface area contributed by atoms with Gasteiger partial charge in [0.15, 0.2) is 0 Å². The number of aromatic nitrogens is 2. The number of hydrogen-bond donors (Lipinski definition) is 1. The van der Waals surface area contributed by atoms with Gasteiger partial charge in [-0.05, 0) is 42.8 Å². The Labute approximate surface area is 186 Å². The largest absolute Gasteiger partial charge is 0.326 e. The van der Waals surface area contributed by atoms with E-state index in [2.05, 4.69) is 46.0 Å². The van der Waals surface area contributed by atoms with Crippen LogP contribution in [0.5, 0.6) is 0 Å². The summed E-state index contributed by atoms with van der Waals surface area (Å²) in [5.41, 5.74) is 4.47. The Bertz CT molecular complexity index is 1250. The molecule has 31 heavy (non-hydrogen) atoms. The van der Waals surface area contributed by atoms with Gasteiger partial charge in [0.1, 0.15) is 5.82 Å². The number of rotatable bonds is 4. The molecule has 0 radical (unpaired) electrons. The molecule has 1 aliphatic rings. The van der Waals surface area contributed by atoms with Crippen LogP contribution in [0.15, 0.2) is 72.8 Å². The molecule has 0 saturated heterocycles. The van der Waals surface area contributed by atoms with Crippen molar-refractivity contribution in [1.29, 1.82) is 0 Å². The second kappa shape index (κ2) is 8.17. The molecule has 5 nitrogen and oxygen atoms in total. The van der Waals surface area contributed by atoms with E-state index in [1.165, 1.54) is 5.56 Å². The molecule has 4 aromatic rings. The smallest absolute Gasteiger partial charge is 0.257 e. The molecule has 1 aliphatic heterocycles. The van der Waals surface area contributed by atoms with Crippen LogP contribution in [-0.2, 0) is 13.1 Å². The Morgan fingerprint density at radius 1 is 1.03 bits per heavy atom. The summed E-state index contributed by atoms with van der Waals surface area (Å²) < 4.78 is 2.28. The number of imidazole rings is 1. The molecule has 1 atom stereocenters. The number of benzene rings is 3. The van der Waals surface area contributed by atoms with E-state index in [4.69, 9.17) is 16.6 Å². The van der Waals surface area contributed by atoms with E-state index < -0.39 is 0 Å². The molecule has 1 N–H and O–H groups in total. The average Bonchev–Trinajstić information content (AvgIpc) is 3.16. The molecule has 6 heteroatoms. The van der Waals surface area contributed by atoms with Gasteiger partial charge in [-0.25, -0.2) is 4.98 Å². The normalized spacial score (nSPS) is 14.9. The monoisotopic (exact) mass is 430 g/mol. The zero-order valence-electron chi connectivity index (χ0n) is 17.3. The minimum absolute atomic E-state index is 0.225. The van der Waals surface area contributed by atoms with Crippen molar-refractivity contribution in [3.63, 3.8) is 0 Å². The first-order valence-electron chi connectivity index (χ1n) is 10.4. The van der Waals surface area contributed by atoms with Crippen LogP contribution in [0.2, 0.25) is 5.02 Å². The van der Waals surface area contributed by atoms with Crippen molar-refractivity contribution in [2.24, 2.45) is 0 Å². The number of halogens is 1. The van der Waals surface area contributed by atoms with Crippen LogP contribution >= 0.6 is 11.6 Å². The number of amides is 1. The van der Waals surface area contributed by atoms with Crippen LogP contribution in [0.1, 0.15) is 34.7 Å². The van der Waals surface area contributed by atoms with E-state index in [1.54, 1.807) is 18.2 Å². The molecule has 0 fully saturated rings. The van der Waals surface area contributed by atoms with Crippen molar-refractivity contribution in [3.05, 3.63) is 94.8 Å². The van der Waals surface area contributed by atoms with Gasteiger partial charge >= 0.3 is 0 Å². The second-order valence-electron chi connectivity index (χ2n) is 7.87. The molecule has 1 amide bonds. The van der Waals surface area contributed by atoms with Gasteiger partial charge in [0.05, 0.1) is 28.2 Å². The highest BCUT2D eigenvalue weighted by molar-refractivity contribution is 6.34. The standard InChI is InChI=1S/C25H23ClN4O/c1-17(18-7-3-2-4-8-18)29-13-14-30-23-12-11-19(15-22(23)28-24(30)16-29)27-25(31)20-9-5-6-10-21(20)26/h2-12,15,17H,13-14,16H2,1H3,(H,27,31)/t17-/m1/s1. The van der Waals surface area contributed by atoms with Crippen LogP contribution in [0.25, 0.3) is 11.0 Å². The Hall–Kier alpha value is -3.15. The van der Waals surface area contributed by atoms with E-state index >= 15 is 0 Å². The number of nitrogens with zero attached hydrogens (tertiary/aromatic N) is 3. The van der Waals surface area contributed by atoms with Gasteiger partial charge in [0, 0.05) is 24.8 Å². The van der Waals surface area contributed by atoms with Crippen LogP contribution in [0.3, 0.4) is 0 Å². The van der Waals surface area contributed by atoms with Gasteiger partial charge in [0.2, 0.25) is 0 Å².